The highest BCUT2D eigenvalue weighted by molar-refractivity contribution is 7.92. The number of benzene rings is 1. The minimum atomic E-state index is -3.71. The van der Waals surface area contributed by atoms with E-state index in [1.54, 1.807) is 19.2 Å². The summed E-state index contributed by atoms with van der Waals surface area (Å²) in [7, 11) is -2.24. The molecule has 0 fully saturated rings. The van der Waals surface area contributed by atoms with Crippen LogP contribution in [0.1, 0.15) is 5.56 Å². The number of nitrogens with zero attached hydrogens (tertiary/aromatic N) is 1. The number of aryl methyl sites for hydroxylation is 1. The molecule has 106 valence electrons. The van der Waals surface area contributed by atoms with Crippen molar-refractivity contribution in [3.05, 3.63) is 42.2 Å². The van der Waals surface area contributed by atoms with Gasteiger partial charge in [-0.3, -0.25) is 9.71 Å². The molecule has 0 aliphatic carbocycles. The van der Waals surface area contributed by atoms with E-state index in [2.05, 4.69) is 9.71 Å². The van der Waals surface area contributed by atoms with Gasteiger partial charge in [0, 0.05) is 6.20 Å². The summed E-state index contributed by atoms with van der Waals surface area (Å²) >= 11 is 0. The smallest absolute Gasteiger partial charge is 0.262 e. The lowest BCUT2D eigenvalue weighted by atomic mass is 10.3. The van der Waals surface area contributed by atoms with Crippen molar-refractivity contribution >= 4 is 21.4 Å². The summed E-state index contributed by atoms with van der Waals surface area (Å²) in [6.45, 7) is 1.79. The van der Waals surface area contributed by atoms with Gasteiger partial charge in [-0.05, 0) is 36.8 Å². The highest BCUT2D eigenvalue weighted by Gasteiger charge is 2.16. The standard InChI is InChI=1S/C13H15N3O3S/c1-9-5-6-15-8-12(9)16-20(17,18)10-3-4-13(19-2)11(14)7-10/h3-8,16H,14H2,1-2H3. The summed E-state index contributed by atoms with van der Waals surface area (Å²) in [6.07, 6.45) is 3.05. The van der Waals surface area contributed by atoms with Crippen LogP contribution in [0.4, 0.5) is 11.4 Å². The first-order valence-corrected chi connectivity index (χ1v) is 7.29. The van der Waals surface area contributed by atoms with Gasteiger partial charge >= 0.3 is 0 Å². The quantitative estimate of drug-likeness (QED) is 0.838. The third kappa shape index (κ3) is 2.83. The zero-order valence-electron chi connectivity index (χ0n) is 11.1. The van der Waals surface area contributed by atoms with Crippen LogP contribution in [0.25, 0.3) is 0 Å². The van der Waals surface area contributed by atoms with Crippen molar-refractivity contribution < 1.29 is 13.2 Å². The molecule has 6 nitrogen and oxygen atoms in total. The molecule has 0 unspecified atom stereocenters. The molecule has 0 aliphatic heterocycles. The number of hydrogen-bond donors (Lipinski definition) is 2. The number of pyridine rings is 1. The minimum absolute atomic E-state index is 0.0686. The third-order valence-corrected chi connectivity index (χ3v) is 4.16. The SMILES string of the molecule is COc1ccc(S(=O)(=O)Nc2cnccc2C)cc1N. The topological polar surface area (TPSA) is 94.3 Å². The number of nitrogen functional groups attached to an aromatic ring is 1. The summed E-state index contributed by atoms with van der Waals surface area (Å²) in [6, 6.07) is 6.02. The Morgan fingerprint density at radius 1 is 1.30 bits per heavy atom. The minimum Gasteiger partial charge on any atom is -0.495 e. The van der Waals surface area contributed by atoms with Gasteiger partial charge < -0.3 is 10.5 Å². The van der Waals surface area contributed by atoms with Gasteiger partial charge in [-0.1, -0.05) is 0 Å². The zero-order valence-corrected chi connectivity index (χ0v) is 11.9. The summed E-state index contributed by atoms with van der Waals surface area (Å²) in [5, 5.41) is 0. The number of aromatic nitrogens is 1. The number of hydrogen-bond acceptors (Lipinski definition) is 5. The van der Waals surface area contributed by atoms with Crippen molar-refractivity contribution in [2.24, 2.45) is 0 Å². The van der Waals surface area contributed by atoms with Gasteiger partial charge in [0.05, 0.1) is 29.6 Å². The second kappa shape index (κ2) is 5.38. The Kier molecular flexibility index (Phi) is 3.80. The summed E-state index contributed by atoms with van der Waals surface area (Å²) in [4.78, 5) is 3.97. The Bertz CT molecular complexity index is 729. The molecule has 20 heavy (non-hydrogen) atoms. The molecule has 0 saturated heterocycles. The van der Waals surface area contributed by atoms with Crippen molar-refractivity contribution in [3.8, 4) is 5.75 Å². The highest BCUT2D eigenvalue weighted by atomic mass is 32.2. The van der Waals surface area contributed by atoms with Gasteiger partial charge in [0.1, 0.15) is 5.75 Å². The van der Waals surface area contributed by atoms with Crippen LogP contribution < -0.4 is 15.2 Å². The van der Waals surface area contributed by atoms with Crippen molar-refractivity contribution in [3.63, 3.8) is 0 Å². The number of rotatable bonds is 4. The fraction of sp³-hybridized carbons (Fsp3) is 0.154. The van der Waals surface area contributed by atoms with Crippen molar-refractivity contribution in [2.45, 2.75) is 11.8 Å². The highest BCUT2D eigenvalue weighted by Crippen LogP contribution is 2.26. The van der Waals surface area contributed by atoms with Crippen LogP contribution in [0.2, 0.25) is 0 Å². The van der Waals surface area contributed by atoms with E-state index in [0.29, 0.717) is 11.4 Å². The first-order chi connectivity index (χ1) is 9.44. The van der Waals surface area contributed by atoms with Crippen LogP contribution in [-0.2, 0) is 10.0 Å². The molecule has 0 spiro atoms. The van der Waals surface area contributed by atoms with Gasteiger partial charge in [-0.15, -0.1) is 0 Å². The molecule has 3 N–H and O–H groups in total. The van der Waals surface area contributed by atoms with E-state index in [9.17, 15) is 8.42 Å². The second-order valence-corrected chi connectivity index (χ2v) is 5.88. The van der Waals surface area contributed by atoms with E-state index in [1.807, 2.05) is 0 Å². The van der Waals surface area contributed by atoms with Crippen molar-refractivity contribution in [1.82, 2.24) is 4.98 Å². The lowest BCUT2D eigenvalue weighted by Gasteiger charge is -2.11. The molecule has 0 amide bonds. The summed E-state index contributed by atoms with van der Waals surface area (Å²) in [5.41, 5.74) is 7.20. The summed E-state index contributed by atoms with van der Waals surface area (Å²) in [5.74, 6) is 0.432. The second-order valence-electron chi connectivity index (χ2n) is 4.20. The molecule has 0 aliphatic rings. The van der Waals surface area contributed by atoms with E-state index in [1.165, 1.54) is 31.5 Å². The average Bonchev–Trinajstić information content (AvgIpc) is 2.41. The van der Waals surface area contributed by atoms with E-state index in [4.69, 9.17) is 10.5 Å². The lowest BCUT2D eigenvalue weighted by Crippen LogP contribution is -2.14. The van der Waals surface area contributed by atoms with E-state index < -0.39 is 10.0 Å². The number of anilines is 2. The van der Waals surface area contributed by atoms with E-state index >= 15 is 0 Å². The Balaban J connectivity index is 2.36. The third-order valence-electron chi connectivity index (χ3n) is 2.79. The molecule has 2 aromatic rings. The van der Waals surface area contributed by atoms with Crippen LogP contribution in [-0.4, -0.2) is 20.5 Å². The molecule has 1 aromatic carbocycles. The van der Waals surface area contributed by atoms with E-state index in [-0.39, 0.29) is 10.6 Å². The number of methoxy groups -OCH3 is 1. The van der Waals surface area contributed by atoms with Gasteiger partial charge in [0.2, 0.25) is 0 Å². The first kappa shape index (κ1) is 14.1. The molecular formula is C13H15N3O3S. The average molecular weight is 293 g/mol. The van der Waals surface area contributed by atoms with Gasteiger partial charge in [0.25, 0.3) is 10.0 Å². The maximum atomic E-state index is 12.3. The fourth-order valence-electron chi connectivity index (χ4n) is 1.65. The normalized spacial score (nSPS) is 11.1. The van der Waals surface area contributed by atoms with Crippen molar-refractivity contribution in [2.75, 3.05) is 17.6 Å². The Morgan fingerprint density at radius 2 is 2.05 bits per heavy atom. The predicted molar refractivity (Wildman–Crippen MR) is 77.2 cm³/mol. The van der Waals surface area contributed by atoms with Gasteiger partial charge in [-0.2, -0.15) is 0 Å². The summed E-state index contributed by atoms with van der Waals surface area (Å²) < 4.78 is 32.0. The van der Waals surface area contributed by atoms with E-state index in [0.717, 1.165) is 5.56 Å². The van der Waals surface area contributed by atoms with Gasteiger partial charge in [-0.25, -0.2) is 8.42 Å². The Hall–Kier alpha value is -2.28. The maximum absolute atomic E-state index is 12.3. The fourth-order valence-corrected chi connectivity index (χ4v) is 2.80. The Morgan fingerprint density at radius 3 is 2.65 bits per heavy atom. The van der Waals surface area contributed by atoms with Crippen molar-refractivity contribution in [1.29, 1.82) is 0 Å². The molecule has 0 saturated carbocycles. The predicted octanol–water partition coefficient (Wildman–Crippen LogP) is 1.78. The van der Waals surface area contributed by atoms with Crippen LogP contribution in [0.3, 0.4) is 0 Å². The molecule has 0 bridgehead atoms. The number of sulfonamides is 1. The molecule has 1 heterocycles. The van der Waals surface area contributed by atoms with Crippen LogP contribution in [0.15, 0.2) is 41.6 Å². The Labute approximate surface area is 117 Å². The number of ether oxygens (including phenoxy) is 1. The van der Waals surface area contributed by atoms with Crippen LogP contribution in [0, 0.1) is 6.92 Å². The number of nitrogens with one attached hydrogen (secondary N) is 1. The largest absolute Gasteiger partial charge is 0.495 e. The molecule has 1 aromatic heterocycles. The molecule has 2 rings (SSSR count). The molecule has 0 radical (unpaired) electrons. The molecular weight excluding hydrogens is 278 g/mol. The molecule has 0 atom stereocenters. The van der Waals surface area contributed by atoms with Crippen LogP contribution in [0.5, 0.6) is 5.75 Å². The molecule has 7 heteroatoms. The zero-order chi connectivity index (χ0) is 14.8. The first-order valence-electron chi connectivity index (χ1n) is 5.81. The maximum Gasteiger partial charge on any atom is 0.262 e. The number of nitrogens with two attached hydrogens (primary N) is 1. The monoisotopic (exact) mass is 293 g/mol. The van der Waals surface area contributed by atoms with Gasteiger partial charge in [0.15, 0.2) is 0 Å². The lowest BCUT2D eigenvalue weighted by molar-refractivity contribution is 0.416. The van der Waals surface area contributed by atoms with Crippen LogP contribution >= 0.6 is 0 Å².